The van der Waals surface area contributed by atoms with Crippen LogP contribution in [0.4, 0.5) is 11.4 Å². The number of hydrogen-bond donors (Lipinski definition) is 0. The van der Waals surface area contributed by atoms with Crippen LogP contribution >= 0.6 is 0 Å². The van der Waals surface area contributed by atoms with Crippen molar-refractivity contribution in [2.24, 2.45) is 0 Å². The van der Waals surface area contributed by atoms with Crippen LogP contribution in [0.15, 0.2) is 158 Å². The maximum Gasteiger partial charge on any atom is 0.0781 e. The lowest BCUT2D eigenvalue weighted by molar-refractivity contribution is 0.192. The summed E-state index contributed by atoms with van der Waals surface area (Å²) in [5.74, 6) is 0. The standard InChI is InChI=1S/C37H26NO/c39-38-35-24-22-29(27-13-5-1-6-14-27)25-34(35)37(31-17-9-3-10-18-31,32-19-11-4-12-20-32)33-23-21-30(26-36(33)38)28-15-7-2-8-16-28/h1-26H. The Morgan fingerprint density at radius 2 is 0.846 bits per heavy atom. The first-order valence-corrected chi connectivity index (χ1v) is 13.2. The zero-order valence-corrected chi connectivity index (χ0v) is 21.4. The largest absolute Gasteiger partial charge is 0.188 e. The SMILES string of the molecule is [O]N1c2cc(-c3ccccc3)ccc2C(c2ccccc2)(c2ccccc2)c2cc(-c3ccccc3)ccc21. The number of benzene rings is 6. The normalized spacial score (nSPS) is 13.4. The monoisotopic (exact) mass is 500 g/mol. The summed E-state index contributed by atoms with van der Waals surface area (Å²) in [5.41, 5.74) is 9.20. The van der Waals surface area contributed by atoms with Crippen LogP contribution in [0.2, 0.25) is 0 Å². The van der Waals surface area contributed by atoms with E-state index in [4.69, 9.17) is 0 Å². The number of rotatable bonds is 4. The summed E-state index contributed by atoms with van der Waals surface area (Å²) in [7, 11) is 0. The number of hydrogen-bond acceptors (Lipinski definition) is 1. The van der Waals surface area contributed by atoms with E-state index in [1.54, 1.807) is 0 Å². The van der Waals surface area contributed by atoms with E-state index in [-0.39, 0.29) is 0 Å². The first-order chi connectivity index (χ1) is 19.3. The summed E-state index contributed by atoms with van der Waals surface area (Å²) in [4.78, 5) is 0. The first-order valence-electron chi connectivity index (χ1n) is 13.2. The van der Waals surface area contributed by atoms with Crippen molar-refractivity contribution >= 4 is 11.4 Å². The van der Waals surface area contributed by atoms with Crippen LogP contribution < -0.4 is 5.06 Å². The highest BCUT2D eigenvalue weighted by Crippen LogP contribution is 2.56. The van der Waals surface area contributed by atoms with Gasteiger partial charge in [-0.15, -0.1) is 0 Å². The second kappa shape index (κ2) is 9.43. The van der Waals surface area contributed by atoms with E-state index in [2.05, 4.69) is 109 Å². The van der Waals surface area contributed by atoms with E-state index in [0.29, 0.717) is 11.4 Å². The molecule has 0 amide bonds. The van der Waals surface area contributed by atoms with Crippen molar-refractivity contribution in [2.75, 3.05) is 5.06 Å². The quantitative estimate of drug-likeness (QED) is 0.237. The van der Waals surface area contributed by atoms with Crippen LogP contribution in [0.1, 0.15) is 22.3 Å². The molecule has 2 heteroatoms. The highest BCUT2D eigenvalue weighted by atomic mass is 16.5. The van der Waals surface area contributed by atoms with Gasteiger partial charge < -0.3 is 0 Å². The summed E-state index contributed by atoms with van der Waals surface area (Å²) in [5, 5.41) is 15.3. The average molecular weight is 501 g/mol. The number of nitrogens with zero attached hydrogens (tertiary/aromatic N) is 1. The Morgan fingerprint density at radius 1 is 0.385 bits per heavy atom. The van der Waals surface area contributed by atoms with Crippen LogP contribution in [-0.4, -0.2) is 0 Å². The van der Waals surface area contributed by atoms with Crippen molar-refractivity contribution in [3.63, 3.8) is 0 Å². The van der Waals surface area contributed by atoms with Gasteiger partial charge in [0.05, 0.1) is 16.8 Å². The van der Waals surface area contributed by atoms with Crippen molar-refractivity contribution in [2.45, 2.75) is 5.41 Å². The maximum absolute atomic E-state index is 14.2. The molecule has 0 spiro atoms. The van der Waals surface area contributed by atoms with Crippen LogP contribution in [0.3, 0.4) is 0 Å². The molecule has 185 valence electrons. The van der Waals surface area contributed by atoms with Gasteiger partial charge in [-0.25, -0.2) is 0 Å². The van der Waals surface area contributed by atoms with E-state index < -0.39 is 5.41 Å². The molecule has 0 bridgehead atoms. The molecule has 1 aliphatic rings. The Morgan fingerprint density at radius 3 is 1.38 bits per heavy atom. The molecule has 0 aromatic heterocycles. The first kappa shape index (κ1) is 23.2. The van der Waals surface area contributed by atoms with Gasteiger partial charge in [-0.3, -0.25) is 0 Å². The topological polar surface area (TPSA) is 23.1 Å². The fraction of sp³-hybridized carbons (Fsp3) is 0.0270. The Bertz CT molecular complexity index is 1710. The zero-order valence-electron chi connectivity index (χ0n) is 21.4. The van der Waals surface area contributed by atoms with Gasteiger partial charge in [0.15, 0.2) is 0 Å². The molecule has 0 N–H and O–H groups in total. The fourth-order valence-corrected chi connectivity index (χ4v) is 6.09. The fourth-order valence-electron chi connectivity index (χ4n) is 6.09. The Balaban J connectivity index is 1.59. The summed E-state index contributed by atoms with van der Waals surface area (Å²) >= 11 is 0. The van der Waals surface area contributed by atoms with E-state index >= 15 is 0 Å². The predicted molar refractivity (Wildman–Crippen MR) is 158 cm³/mol. The molecule has 0 aliphatic carbocycles. The highest BCUT2D eigenvalue weighted by molar-refractivity contribution is 5.86. The third-order valence-electron chi connectivity index (χ3n) is 7.87. The molecular formula is C37H26NO. The van der Waals surface area contributed by atoms with Gasteiger partial charge in [0.1, 0.15) is 0 Å². The third-order valence-corrected chi connectivity index (χ3v) is 7.87. The van der Waals surface area contributed by atoms with Crippen molar-refractivity contribution in [1.82, 2.24) is 0 Å². The molecule has 1 radical (unpaired) electrons. The zero-order chi connectivity index (χ0) is 26.2. The predicted octanol–water partition coefficient (Wildman–Crippen LogP) is 9.20. The Kier molecular flexibility index (Phi) is 5.61. The maximum atomic E-state index is 14.2. The molecule has 1 aliphatic heterocycles. The second-order valence-corrected chi connectivity index (χ2v) is 9.97. The lowest BCUT2D eigenvalue weighted by atomic mass is 9.62. The molecule has 0 fully saturated rings. The molecule has 39 heavy (non-hydrogen) atoms. The number of fused-ring (bicyclic) bond motifs is 2. The van der Waals surface area contributed by atoms with Crippen LogP contribution in [-0.2, 0) is 10.6 Å². The molecule has 0 saturated carbocycles. The molecule has 0 saturated heterocycles. The molecule has 0 unspecified atom stereocenters. The van der Waals surface area contributed by atoms with E-state index in [1.165, 1.54) is 0 Å². The summed E-state index contributed by atoms with van der Waals surface area (Å²) in [6, 6.07) is 54.4. The van der Waals surface area contributed by atoms with Gasteiger partial charge in [0.2, 0.25) is 0 Å². The van der Waals surface area contributed by atoms with Gasteiger partial charge in [0, 0.05) is 0 Å². The minimum atomic E-state index is -0.673. The summed E-state index contributed by atoms with van der Waals surface area (Å²) in [6.45, 7) is 0. The summed E-state index contributed by atoms with van der Waals surface area (Å²) in [6.07, 6.45) is 0. The Labute approximate surface area is 229 Å². The lowest BCUT2D eigenvalue weighted by Gasteiger charge is -2.44. The van der Waals surface area contributed by atoms with Gasteiger partial charge in [-0.05, 0) is 62.7 Å². The second-order valence-electron chi connectivity index (χ2n) is 9.97. The van der Waals surface area contributed by atoms with Gasteiger partial charge >= 0.3 is 0 Å². The molecule has 0 atom stereocenters. The molecule has 6 aromatic rings. The van der Waals surface area contributed by atoms with E-state index in [1.807, 2.05) is 48.5 Å². The molecule has 7 rings (SSSR count). The van der Waals surface area contributed by atoms with E-state index in [9.17, 15) is 5.21 Å². The highest BCUT2D eigenvalue weighted by Gasteiger charge is 2.46. The van der Waals surface area contributed by atoms with Crippen molar-refractivity contribution in [3.8, 4) is 22.3 Å². The van der Waals surface area contributed by atoms with Gasteiger partial charge in [-0.2, -0.15) is 5.06 Å². The minimum Gasteiger partial charge on any atom is -0.188 e. The third kappa shape index (κ3) is 3.69. The molecule has 6 aromatic carbocycles. The summed E-state index contributed by atoms with van der Waals surface area (Å²) < 4.78 is 0. The molecule has 2 nitrogen and oxygen atoms in total. The van der Waals surface area contributed by atoms with Crippen LogP contribution in [0.25, 0.3) is 22.3 Å². The Hall–Kier alpha value is -4.92. The van der Waals surface area contributed by atoms with E-state index in [0.717, 1.165) is 49.6 Å². The van der Waals surface area contributed by atoms with Gasteiger partial charge in [0.25, 0.3) is 0 Å². The van der Waals surface area contributed by atoms with Crippen molar-refractivity contribution in [3.05, 3.63) is 180 Å². The molecular weight excluding hydrogens is 474 g/mol. The average Bonchev–Trinajstić information content (AvgIpc) is 3.03. The number of anilines is 2. The smallest absolute Gasteiger partial charge is 0.0781 e. The van der Waals surface area contributed by atoms with Crippen LogP contribution in [0, 0.1) is 0 Å². The minimum absolute atomic E-state index is 0.667. The van der Waals surface area contributed by atoms with Crippen LogP contribution in [0.5, 0.6) is 0 Å². The molecule has 1 heterocycles. The van der Waals surface area contributed by atoms with Crippen molar-refractivity contribution < 1.29 is 5.21 Å². The lowest BCUT2D eigenvalue weighted by Crippen LogP contribution is -2.37. The van der Waals surface area contributed by atoms with Gasteiger partial charge in [-0.1, -0.05) is 145 Å². The van der Waals surface area contributed by atoms with Crippen molar-refractivity contribution in [1.29, 1.82) is 0 Å².